The third kappa shape index (κ3) is 5.07. The lowest BCUT2D eigenvalue weighted by molar-refractivity contribution is -0.130. The molecule has 142 valence electrons. The average Bonchev–Trinajstić information content (AvgIpc) is 3.04. The zero-order chi connectivity index (χ0) is 17.6. The third-order valence-corrected chi connectivity index (χ3v) is 5.66. The van der Waals surface area contributed by atoms with Crippen LogP contribution in [0.4, 0.5) is 4.79 Å². The van der Waals surface area contributed by atoms with Crippen LogP contribution in [-0.4, -0.2) is 91.7 Å². The molecule has 0 bridgehead atoms. The number of nitrogens with zero attached hydrogens (tertiary/aromatic N) is 3. The standard InChI is InChI=1S/C18H32N4O3/c1-2-21-7-3-8-22(13-17(21)23)18(24)19-16-4-9-20(10-5-16)12-15-6-11-25-14-15/h15-16H,2-14H2,1H3,(H,19,24)/t15-/m0/s1. The molecule has 0 aliphatic carbocycles. The highest BCUT2D eigenvalue weighted by molar-refractivity contribution is 5.84. The number of hydrogen-bond acceptors (Lipinski definition) is 4. The summed E-state index contributed by atoms with van der Waals surface area (Å²) in [4.78, 5) is 30.7. The van der Waals surface area contributed by atoms with Crippen LogP contribution in [0.2, 0.25) is 0 Å². The SMILES string of the molecule is CCN1CCCN(C(=O)NC2CCN(C[C@@H]3CCOC3)CC2)CC1=O. The third-order valence-electron chi connectivity index (χ3n) is 5.66. The number of likely N-dealkylation sites (N-methyl/N-ethyl adjacent to an activating group) is 1. The van der Waals surface area contributed by atoms with Gasteiger partial charge in [0.2, 0.25) is 5.91 Å². The van der Waals surface area contributed by atoms with Crippen LogP contribution in [0.1, 0.15) is 32.6 Å². The normalized spacial score (nSPS) is 26.8. The molecule has 0 aromatic carbocycles. The lowest BCUT2D eigenvalue weighted by atomic mass is 10.0. The Bertz CT molecular complexity index is 459. The highest BCUT2D eigenvalue weighted by Gasteiger charge is 2.28. The Kier molecular flexibility index (Phi) is 6.53. The van der Waals surface area contributed by atoms with Gasteiger partial charge in [0.15, 0.2) is 0 Å². The first-order valence-corrected chi connectivity index (χ1v) is 9.79. The van der Waals surface area contributed by atoms with Crippen molar-refractivity contribution in [1.82, 2.24) is 20.0 Å². The van der Waals surface area contributed by atoms with Gasteiger partial charge in [0.05, 0.1) is 6.61 Å². The minimum absolute atomic E-state index is 0.0590. The lowest BCUT2D eigenvalue weighted by Crippen LogP contribution is -2.51. The van der Waals surface area contributed by atoms with Gasteiger partial charge in [-0.3, -0.25) is 4.79 Å². The second kappa shape index (κ2) is 8.85. The summed E-state index contributed by atoms with van der Waals surface area (Å²) in [5.41, 5.74) is 0. The molecule has 1 atom stereocenters. The Balaban J connectivity index is 1.40. The number of rotatable bonds is 4. The molecule has 3 saturated heterocycles. The average molecular weight is 352 g/mol. The molecule has 0 aromatic heterocycles. The monoisotopic (exact) mass is 352 g/mol. The highest BCUT2D eigenvalue weighted by atomic mass is 16.5. The van der Waals surface area contributed by atoms with Crippen molar-refractivity contribution >= 4 is 11.9 Å². The van der Waals surface area contributed by atoms with Crippen LogP contribution in [-0.2, 0) is 9.53 Å². The predicted octanol–water partition coefficient (Wildman–Crippen LogP) is 0.751. The number of carbonyl (C=O) groups excluding carboxylic acids is 2. The van der Waals surface area contributed by atoms with E-state index in [1.807, 2.05) is 11.8 Å². The van der Waals surface area contributed by atoms with Gasteiger partial charge in [-0.15, -0.1) is 0 Å². The van der Waals surface area contributed by atoms with Crippen molar-refractivity contribution in [2.45, 2.75) is 38.6 Å². The fourth-order valence-corrected chi connectivity index (χ4v) is 4.05. The zero-order valence-electron chi connectivity index (χ0n) is 15.4. The van der Waals surface area contributed by atoms with Crippen molar-refractivity contribution < 1.29 is 14.3 Å². The molecule has 3 aliphatic rings. The molecular formula is C18H32N4O3. The molecule has 3 amide bonds. The maximum Gasteiger partial charge on any atom is 0.318 e. The quantitative estimate of drug-likeness (QED) is 0.811. The maximum absolute atomic E-state index is 12.5. The molecule has 0 radical (unpaired) electrons. The summed E-state index contributed by atoms with van der Waals surface area (Å²) in [7, 11) is 0. The predicted molar refractivity (Wildman–Crippen MR) is 95.4 cm³/mol. The van der Waals surface area contributed by atoms with Crippen molar-refractivity contribution in [3.63, 3.8) is 0 Å². The van der Waals surface area contributed by atoms with Crippen LogP contribution in [0.5, 0.6) is 0 Å². The van der Waals surface area contributed by atoms with Crippen molar-refractivity contribution in [2.24, 2.45) is 5.92 Å². The Morgan fingerprint density at radius 2 is 2.00 bits per heavy atom. The van der Waals surface area contributed by atoms with Crippen LogP contribution >= 0.6 is 0 Å². The second-order valence-electron chi connectivity index (χ2n) is 7.50. The van der Waals surface area contributed by atoms with Crippen LogP contribution in [0.15, 0.2) is 0 Å². The molecule has 0 spiro atoms. The number of piperidine rings is 1. The molecular weight excluding hydrogens is 320 g/mol. The number of amides is 3. The largest absolute Gasteiger partial charge is 0.381 e. The van der Waals surface area contributed by atoms with Gasteiger partial charge in [-0.2, -0.15) is 0 Å². The maximum atomic E-state index is 12.5. The molecule has 25 heavy (non-hydrogen) atoms. The molecule has 1 N–H and O–H groups in total. The summed E-state index contributed by atoms with van der Waals surface area (Å²) in [5, 5.41) is 3.15. The minimum atomic E-state index is -0.0751. The van der Waals surface area contributed by atoms with E-state index in [4.69, 9.17) is 4.74 Å². The van der Waals surface area contributed by atoms with Crippen molar-refractivity contribution in [2.75, 3.05) is 59.0 Å². The number of likely N-dealkylation sites (tertiary alicyclic amines) is 1. The Morgan fingerprint density at radius 1 is 1.20 bits per heavy atom. The van der Waals surface area contributed by atoms with Gasteiger partial charge in [-0.1, -0.05) is 0 Å². The highest BCUT2D eigenvalue weighted by Crippen LogP contribution is 2.18. The van der Waals surface area contributed by atoms with Gasteiger partial charge in [0.1, 0.15) is 6.54 Å². The van der Waals surface area contributed by atoms with Gasteiger partial charge in [-0.25, -0.2) is 4.79 Å². The van der Waals surface area contributed by atoms with Crippen molar-refractivity contribution in [3.8, 4) is 0 Å². The number of nitrogens with one attached hydrogen (secondary N) is 1. The summed E-state index contributed by atoms with van der Waals surface area (Å²) in [6.07, 6.45) is 4.01. The first kappa shape index (κ1) is 18.5. The fourth-order valence-electron chi connectivity index (χ4n) is 4.05. The molecule has 3 fully saturated rings. The smallest absolute Gasteiger partial charge is 0.318 e. The summed E-state index contributed by atoms with van der Waals surface area (Å²) in [6.45, 7) is 9.31. The van der Waals surface area contributed by atoms with Gasteiger partial charge in [0.25, 0.3) is 0 Å². The molecule has 0 saturated carbocycles. The molecule has 0 aromatic rings. The van der Waals surface area contributed by atoms with Crippen molar-refractivity contribution in [3.05, 3.63) is 0 Å². The second-order valence-corrected chi connectivity index (χ2v) is 7.50. The number of urea groups is 1. The number of hydrogen-bond donors (Lipinski definition) is 1. The van der Waals surface area contributed by atoms with E-state index in [0.717, 1.165) is 65.2 Å². The van der Waals surface area contributed by atoms with Crippen LogP contribution in [0, 0.1) is 5.92 Å². The van der Waals surface area contributed by atoms with Crippen LogP contribution in [0.25, 0.3) is 0 Å². The molecule has 3 aliphatic heterocycles. The zero-order valence-corrected chi connectivity index (χ0v) is 15.4. The summed E-state index contributed by atoms with van der Waals surface area (Å²) in [6, 6.07) is 0.151. The summed E-state index contributed by atoms with van der Waals surface area (Å²) < 4.78 is 5.45. The topological polar surface area (TPSA) is 65.1 Å². The van der Waals surface area contributed by atoms with E-state index in [0.29, 0.717) is 12.5 Å². The molecule has 7 nitrogen and oxygen atoms in total. The number of ether oxygens (including phenoxy) is 1. The molecule has 7 heteroatoms. The van der Waals surface area contributed by atoms with E-state index >= 15 is 0 Å². The fraction of sp³-hybridized carbons (Fsp3) is 0.889. The molecule has 0 unspecified atom stereocenters. The Labute approximate surface area is 150 Å². The van der Waals surface area contributed by atoms with E-state index in [1.54, 1.807) is 4.90 Å². The van der Waals surface area contributed by atoms with Crippen LogP contribution < -0.4 is 5.32 Å². The van der Waals surface area contributed by atoms with Crippen LogP contribution in [0.3, 0.4) is 0 Å². The lowest BCUT2D eigenvalue weighted by Gasteiger charge is -2.34. The molecule has 3 heterocycles. The summed E-state index contributed by atoms with van der Waals surface area (Å²) in [5.74, 6) is 0.736. The Hall–Kier alpha value is -1.34. The number of carbonyl (C=O) groups is 2. The first-order chi connectivity index (χ1) is 12.2. The Morgan fingerprint density at radius 3 is 2.68 bits per heavy atom. The van der Waals surface area contributed by atoms with E-state index in [9.17, 15) is 9.59 Å². The van der Waals surface area contributed by atoms with Gasteiger partial charge in [-0.05, 0) is 38.5 Å². The van der Waals surface area contributed by atoms with Gasteiger partial charge in [0, 0.05) is 51.9 Å². The van der Waals surface area contributed by atoms with E-state index in [2.05, 4.69) is 10.2 Å². The molecule has 3 rings (SSSR count). The van der Waals surface area contributed by atoms with E-state index in [-0.39, 0.29) is 24.5 Å². The van der Waals surface area contributed by atoms with Crippen molar-refractivity contribution in [1.29, 1.82) is 0 Å². The van der Waals surface area contributed by atoms with E-state index < -0.39 is 0 Å². The van der Waals surface area contributed by atoms with E-state index in [1.165, 1.54) is 6.42 Å². The minimum Gasteiger partial charge on any atom is -0.381 e. The van der Waals surface area contributed by atoms with Gasteiger partial charge >= 0.3 is 6.03 Å². The van der Waals surface area contributed by atoms with Gasteiger partial charge < -0.3 is 24.8 Å². The summed E-state index contributed by atoms with van der Waals surface area (Å²) >= 11 is 0. The first-order valence-electron chi connectivity index (χ1n) is 9.79.